The molecule has 0 bridgehead atoms. The lowest BCUT2D eigenvalue weighted by Crippen LogP contribution is -2.14. The number of Topliss-reactive ketones (excluding diaryl/α,β-unsaturated/α-hetero) is 2. The van der Waals surface area contributed by atoms with E-state index in [1.165, 1.54) is 0 Å². The Morgan fingerprint density at radius 3 is 2.27 bits per heavy atom. The minimum atomic E-state index is -1.64. The topological polar surface area (TPSA) is 34.1 Å². The van der Waals surface area contributed by atoms with Gasteiger partial charge in [0.15, 0.2) is 23.2 Å². The maximum atomic E-state index is 13.0. The fourth-order valence-electron chi connectivity index (χ4n) is 1.000. The highest BCUT2D eigenvalue weighted by Gasteiger charge is 2.17. The molecule has 0 saturated carbocycles. The summed E-state index contributed by atoms with van der Waals surface area (Å²) in [5.74, 6) is -5.99. The van der Waals surface area contributed by atoms with Crippen molar-refractivity contribution in [3.63, 3.8) is 0 Å². The molecule has 0 aliphatic carbocycles. The summed E-state index contributed by atoms with van der Waals surface area (Å²) in [7, 11) is 0. The van der Waals surface area contributed by atoms with Crippen molar-refractivity contribution in [3.8, 4) is 0 Å². The zero-order valence-corrected chi connectivity index (χ0v) is 7.81. The van der Waals surface area contributed by atoms with E-state index in [1.807, 2.05) is 0 Å². The van der Waals surface area contributed by atoms with Crippen LogP contribution < -0.4 is 0 Å². The van der Waals surface area contributed by atoms with E-state index in [-0.39, 0.29) is 5.56 Å². The smallest absolute Gasteiger partial charge is 0.202 e. The number of carbonyl (C=O) groups is 2. The molecule has 0 unspecified atom stereocenters. The van der Waals surface area contributed by atoms with Crippen LogP contribution in [-0.2, 0) is 16.0 Å². The third kappa shape index (κ3) is 2.43. The van der Waals surface area contributed by atoms with Crippen LogP contribution in [0.3, 0.4) is 0 Å². The average Bonchev–Trinajstić information content (AvgIpc) is 2.18. The Hall–Kier alpha value is -1.65. The number of hydrogen-bond donors (Lipinski definition) is 0. The van der Waals surface area contributed by atoms with E-state index < -0.39 is 35.4 Å². The van der Waals surface area contributed by atoms with Gasteiger partial charge in [-0.2, -0.15) is 0 Å². The van der Waals surface area contributed by atoms with E-state index in [1.54, 1.807) is 0 Å². The molecule has 1 aromatic carbocycles. The lowest BCUT2D eigenvalue weighted by Gasteiger charge is -2.02. The molecule has 0 saturated heterocycles. The van der Waals surface area contributed by atoms with Gasteiger partial charge in [-0.25, -0.2) is 13.2 Å². The van der Waals surface area contributed by atoms with Gasteiger partial charge >= 0.3 is 0 Å². The molecule has 0 heterocycles. The van der Waals surface area contributed by atoms with Crippen LogP contribution in [0.4, 0.5) is 13.2 Å². The van der Waals surface area contributed by atoms with E-state index in [4.69, 9.17) is 0 Å². The Balaban J connectivity index is 3.02. The Morgan fingerprint density at radius 2 is 1.73 bits per heavy atom. The zero-order chi connectivity index (χ0) is 11.6. The molecule has 0 amide bonds. The fourth-order valence-corrected chi connectivity index (χ4v) is 1.000. The maximum absolute atomic E-state index is 13.0. The highest BCUT2D eigenvalue weighted by atomic mass is 19.2. The van der Waals surface area contributed by atoms with Crippen molar-refractivity contribution in [2.75, 3.05) is 0 Å². The number of rotatable bonds is 3. The van der Waals surface area contributed by atoms with Crippen LogP contribution in [-0.4, -0.2) is 11.6 Å². The third-order valence-electron chi connectivity index (χ3n) is 1.86. The number of halogens is 3. The van der Waals surface area contributed by atoms with Gasteiger partial charge in [0.25, 0.3) is 0 Å². The Labute approximate surface area is 83.7 Å². The summed E-state index contributed by atoms with van der Waals surface area (Å²) < 4.78 is 38.2. The number of hydrogen-bond acceptors (Lipinski definition) is 2. The van der Waals surface area contributed by atoms with Gasteiger partial charge in [0.05, 0.1) is 0 Å². The summed E-state index contributed by atoms with van der Waals surface area (Å²) in [6.07, 6.45) is -0.557. The van der Waals surface area contributed by atoms with Crippen molar-refractivity contribution < 1.29 is 22.8 Å². The minimum absolute atomic E-state index is 0.325. The van der Waals surface area contributed by atoms with Gasteiger partial charge in [-0.3, -0.25) is 9.59 Å². The van der Waals surface area contributed by atoms with Crippen LogP contribution >= 0.6 is 0 Å². The first-order chi connectivity index (χ1) is 6.93. The predicted octanol–water partition coefficient (Wildman–Crippen LogP) is 1.80. The first kappa shape index (κ1) is 11.4. The summed E-state index contributed by atoms with van der Waals surface area (Å²) in [5, 5.41) is 0. The van der Waals surface area contributed by atoms with E-state index in [0.29, 0.717) is 6.07 Å². The van der Waals surface area contributed by atoms with Crippen molar-refractivity contribution in [1.29, 1.82) is 0 Å². The van der Waals surface area contributed by atoms with E-state index in [0.717, 1.165) is 13.0 Å². The number of ketones is 2. The molecule has 0 aromatic heterocycles. The Morgan fingerprint density at radius 1 is 1.13 bits per heavy atom. The van der Waals surface area contributed by atoms with Crippen molar-refractivity contribution >= 4 is 11.6 Å². The first-order valence-electron chi connectivity index (χ1n) is 4.09. The summed E-state index contributed by atoms with van der Waals surface area (Å²) >= 11 is 0. The molecule has 80 valence electrons. The Kier molecular flexibility index (Phi) is 3.24. The van der Waals surface area contributed by atoms with Gasteiger partial charge in [0, 0.05) is 13.3 Å². The molecule has 0 atom stereocenters. The van der Waals surface area contributed by atoms with Gasteiger partial charge in [0.1, 0.15) is 0 Å². The molecule has 2 nitrogen and oxygen atoms in total. The Bertz CT molecular complexity index is 427. The molecule has 0 aliphatic heterocycles. The average molecular weight is 216 g/mol. The first-order valence-corrected chi connectivity index (χ1v) is 4.09. The third-order valence-corrected chi connectivity index (χ3v) is 1.86. The summed E-state index contributed by atoms with van der Waals surface area (Å²) in [6, 6.07) is 1.65. The molecule has 0 radical (unpaired) electrons. The van der Waals surface area contributed by atoms with Crippen LogP contribution in [0.15, 0.2) is 12.1 Å². The van der Waals surface area contributed by atoms with Crippen LogP contribution in [0, 0.1) is 17.5 Å². The predicted molar refractivity (Wildman–Crippen MR) is 45.7 cm³/mol. The van der Waals surface area contributed by atoms with Gasteiger partial charge in [0.2, 0.25) is 5.78 Å². The quantitative estimate of drug-likeness (QED) is 0.570. The van der Waals surface area contributed by atoms with E-state index in [2.05, 4.69) is 0 Å². The van der Waals surface area contributed by atoms with Crippen LogP contribution in [0.1, 0.15) is 12.5 Å². The van der Waals surface area contributed by atoms with Gasteiger partial charge in [-0.05, 0) is 11.6 Å². The van der Waals surface area contributed by atoms with Crippen molar-refractivity contribution in [2.24, 2.45) is 0 Å². The highest BCUT2D eigenvalue weighted by Crippen LogP contribution is 2.15. The van der Waals surface area contributed by atoms with Crippen LogP contribution in [0.25, 0.3) is 0 Å². The zero-order valence-electron chi connectivity index (χ0n) is 7.81. The fraction of sp³-hybridized carbons (Fsp3) is 0.200. The normalized spacial score (nSPS) is 10.1. The second-order valence-electron chi connectivity index (χ2n) is 2.99. The maximum Gasteiger partial charge on any atom is 0.202 e. The molecule has 15 heavy (non-hydrogen) atoms. The largest absolute Gasteiger partial charge is 0.291 e. The van der Waals surface area contributed by atoms with Gasteiger partial charge in [-0.1, -0.05) is 6.07 Å². The molecule has 0 aliphatic rings. The van der Waals surface area contributed by atoms with Crippen LogP contribution in [0.2, 0.25) is 0 Å². The van der Waals surface area contributed by atoms with Crippen LogP contribution in [0.5, 0.6) is 0 Å². The SMILES string of the molecule is CC(=O)C(=O)Cc1ccc(F)c(F)c1F. The molecule has 0 fully saturated rings. The molecule has 0 spiro atoms. The van der Waals surface area contributed by atoms with Gasteiger partial charge in [-0.15, -0.1) is 0 Å². The minimum Gasteiger partial charge on any atom is -0.291 e. The monoisotopic (exact) mass is 216 g/mol. The molecular weight excluding hydrogens is 209 g/mol. The molecule has 5 heteroatoms. The van der Waals surface area contributed by atoms with Crippen molar-refractivity contribution in [2.45, 2.75) is 13.3 Å². The summed E-state index contributed by atoms with van der Waals surface area (Å²) in [5.41, 5.74) is -0.325. The van der Waals surface area contributed by atoms with E-state index in [9.17, 15) is 22.8 Å². The summed E-state index contributed by atoms with van der Waals surface area (Å²) in [6.45, 7) is 1.03. The molecule has 0 N–H and O–H groups in total. The summed E-state index contributed by atoms with van der Waals surface area (Å²) in [4.78, 5) is 21.5. The van der Waals surface area contributed by atoms with Crippen molar-refractivity contribution in [1.82, 2.24) is 0 Å². The molecule has 1 aromatic rings. The highest BCUT2D eigenvalue weighted by molar-refractivity contribution is 6.36. The number of benzene rings is 1. The van der Waals surface area contributed by atoms with E-state index >= 15 is 0 Å². The number of carbonyl (C=O) groups excluding carboxylic acids is 2. The van der Waals surface area contributed by atoms with Crippen molar-refractivity contribution in [3.05, 3.63) is 35.1 Å². The second-order valence-corrected chi connectivity index (χ2v) is 2.99. The lowest BCUT2D eigenvalue weighted by molar-refractivity contribution is -0.134. The molecule has 1 rings (SSSR count). The standard InChI is InChI=1S/C10H7F3O2/c1-5(14)8(15)4-6-2-3-7(11)10(13)9(6)12/h2-3H,4H2,1H3. The lowest BCUT2D eigenvalue weighted by atomic mass is 10.1. The second kappa shape index (κ2) is 4.25. The van der Waals surface area contributed by atoms with Gasteiger partial charge < -0.3 is 0 Å². The molecular formula is C10H7F3O2.